The molecule has 2 aliphatic heterocycles. The average Bonchev–Trinajstić information content (AvgIpc) is 2.68. The van der Waals surface area contributed by atoms with E-state index >= 15 is 0 Å². The standard InChI is InChI=1S/C22H24N4O3/c1-3-4-16-5-7-17(8-6-16)20-19(12-27)26(21(29)18-11-23-9-10-24-18)22(20)13-25(14-22)15(2)28/h3-11,19-20,27H,12-14H2,1-2H3/t19-,20+/m1/s1. The maximum atomic E-state index is 13.2. The molecule has 2 fully saturated rings. The van der Waals surface area contributed by atoms with Crippen LogP contribution in [0.5, 0.6) is 0 Å². The first-order chi connectivity index (χ1) is 14.0. The zero-order valence-electron chi connectivity index (χ0n) is 16.5. The van der Waals surface area contributed by atoms with Crippen LogP contribution >= 0.6 is 0 Å². The molecule has 3 heterocycles. The van der Waals surface area contributed by atoms with Gasteiger partial charge in [-0.05, 0) is 18.1 Å². The topological polar surface area (TPSA) is 86.6 Å². The zero-order valence-corrected chi connectivity index (χ0v) is 16.5. The van der Waals surface area contributed by atoms with Gasteiger partial charge in [0.1, 0.15) is 5.69 Å². The SMILES string of the molecule is CC=Cc1ccc([C@H]2[C@@H](CO)N(C(=O)c3cnccn3)C23CN(C(C)=O)C3)cc1. The quantitative estimate of drug-likeness (QED) is 0.856. The van der Waals surface area contributed by atoms with Gasteiger partial charge in [0.05, 0.1) is 24.4 Å². The second-order valence-corrected chi connectivity index (χ2v) is 7.64. The molecule has 0 radical (unpaired) electrons. The highest BCUT2D eigenvalue weighted by atomic mass is 16.3. The molecule has 2 saturated heterocycles. The summed E-state index contributed by atoms with van der Waals surface area (Å²) in [6.45, 7) is 4.25. The number of amides is 2. The lowest BCUT2D eigenvalue weighted by Crippen LogP contribution is -2.85. The van der Waals surface area contributed by atoms with Gasteiger partial charge in [-0.1, -0.05) is 36.4 Å². The molecule has 2 atom stereocenters. The first-order valence-corrected chi connectivity index (χ1v) is 9.70. The van der Waals surface area contributed by atoms with Gasteiger partial charge in [-0.2, -0.15) is 0 Å². The fraction of sp³-hybridized carbons (Fsp3) is 0.364. The van der Waals surface area contributed by atoms with Gasteiger partial charge in [0.2, 0.25) is 5.91 Å². The summed E-state index contributed by atoms with van der Waals surface area (Å²) in [5, 5.41) is 10.1. The van der Waals surface area contributed by atoms with Crippen molar-refractivity contribution in [2.24, 2.45) is 0 Å². The van der Waals surface area contributed by atoms with E-state index in [1.807, 2.05) is 43.3 Å². The number of carbonyl (C=O) groups excluding carboxylic acids is 2. The van der Waals surface area contributed by atoms with Gasteiger partial charge in [-0.3, -0.25) is 14.6 Å². The summed E-state index contributed by atoms with van der Waals surface area (Å²) in [7, 11) is 0. The Kier molecular flexibility index (Phi) is 4.92. The molecule has 0 unspecified atom stereocenters. The summed E-state index contributed by atoms with van der Waals surface area (Å²) in [5.41, 5.74) is 1.87. The normalized spacial score (nSPS) is 22.4. The van der Waals surface area contributed by atoms with Gasteiger partial charge in [-0.25, -0.2) is 4.98 Å². The number of likely N-dealkylation sites (tertiary alicyclic amines) is 2. The van der Waals surface area contributed by atoms with Crippen molar-refractivity contribution < 1.29 is 14.7 Å². The third-order valence-corrected chi connectivity index (χ3v) is 5.99. The van der Waals surface area contributed by atoms with Gasteiger partial charge in [-0.15, -0.1) is 0 Å². The minimum atomic E-state index is -0.532. The Morgan fingerprint density at radius 1 is 1.24 bits per heavy atom. The number of nitrogens with zero attached hydrogens (tertiary/aromatic N) is 4. The predicted octanol–water partition coefficient (Wildman–Crippen LogP) is 1.71. The van der Waals surface area contributed by atoms with Crippen molar-refractivity contribution in [1.82, 2.24) is 19.8 Å². The largest absolute Gasteiger partial charge is 0.394 e. The number of aromatic nitrogens is 2. The Bertz CT molecular complexity index is 936. The lowest BCUT2D eigenvalue weighted by Gasteiger charge is -2.70. The molecule has 29 heavy (non-hydrogen) atoms. The van der Waals surface area contributed by atoms with Crippen LogP contribution in [-0.4, -0.2) is 68.0 Å². The van der Waals surface area contributed by atoms with E-state index in [1.165, 1.54) is 25.5 Å². The number of carbonyl (C=O) groups is 2. The number of aliphatic hydroxyl groups excluding tert-OH is 1. The Morgan fingerprint density at radius 2 is 1.97 bits per heavy atom. The molecule has 7 nitrogen and oxygen atoms in total. The summed E-state index contributed by atoms with van der Waals surface area (Å²) in [6, 6.07) is 7.79. The summed E-state index contributed by atoms with van der Waals surface area (Å²) < 4.78 is 0. The average molecular weight is 392 g/mol. The molecule has 1 aromatic heterocycles. The molecule has 1 spiro atoms. The first kappa shape index (κ1) is 19.3. The van der Waals surface area contributed by atoms with Gasteiger partial charge in [0, 0.05) is 38.3 Å². The van der Waals surface area contributed by atoms with Crippen molar-refractivity contribution in [2.45, 2.75) is 31.3 Å². The first-order valence-electron chi connectivity index (χ1n) is 9.70. The zero-order chi connectivity index (χ0) is 20.6. The fourth-order valence-electron chi connectivity index (χ4n) is 4.70. The molecule has 0 aliphatic carbocycles. The van der Waals surface area contributed by atoms with Crippen LogP contribution < -0.4 is 0 Å². The Hall–Kier alpha value is -3.06. The fourth-order valence-corrected chi connectivity index (χ4v) is 4.70. The van der Waals surface area contributed by atoms with E-state index in [0.717, 1.165) is 11.1 Å². The van der Waals surface area contributed by atoms with Crippen LogP contribution in [0, 0.1) is 0 Å². The van der Waals surface area contributed by atoms with Gasteiger partial charge < -0.3 is 14.9 Å². The third kappa shape index (κ3) is 3.02. The maximum absolute atomic E-state index is 13.2. The van der Waals surface area contributed by atoms with Crippen molar-refractivity contribution >= 4 is 17.9 Å². The molecule has 2 aliphatic rings. The third-order valence-electron chi connectivity index (χ3n) is 5.99. The van der Waals surface area contributed by atoms with E-state index in [2.05, 4.69) is 9.97 Å². The smallest absolute Gasteiger partial charge is 0.275 e. The summed E-state index contributed by atoms with van der Waals surface area (Å²) in [6.07, 6.45) is 8.43. The second kappa shape index (κ2) is 7.40. The van der Waals surface area contributed by atoms with E-state index in [0.29, 0.717) is 13.1 Å². The Labute approximate surface area is 169 Å². The molecular weight excluding hydrogens is 368 g/mol. The van der Waals surface area contributed by atoms with Crippen LogP contribution in [0.2, 0.25) is 0 Å². The molecule has 0 bridgehead atoms. The molecule has 4 rings (SSSR count). The Morgan fingerprint density at radius 3 is 2.52 bits per heavy atom. The predicted molar refractivity (Wildman–Crippen MR) is 108 cm³/mol. The molecule has 1 aromatic carbocycles. The second-order valence-electron chi connectivity index (χ2n) is 7.64. The van der Waals surface area contributed by atoms with Crippen molar-refractivity contribution in [3.8, 4) is 0 Å². The van der Waals surface area contributed by atoms with E-state index in [9.17, 15) is 14.7 Å². The summed E-state index contributed by atoms with van der Waals surface area (Å²) >= 11 is 0. The van der Waals surface area contributed by atoms with Crippen molar-refractivity contribution in [2.75, 3.05) is 19.7 Å². The van der Waals surface area contributed by atoms with Crippen molar-refractivity contribution in [1.29, 1.82) is 0 Å². The molecule has 2 amide bonds. The molecule has 150 valence electrons. The number of rotatable bonds is 4. The van der Waals surface area contributed by atoms with Crippen LogP contribution in [-0.2, 0) is 4.79 Å². The van der Waals surface area contributed by atoms with Gasteiger partial charge >= 0.3 is 0 Å². The molecule has 1 N–H and O–H groups in total. The molecule has 7 heteroatoms. The monoisotopic (exact) mass is 392 g/mol. The number of hydrogen-bond donors (Lipinski definition) is 1. The van der Waals surface area contributed by atoms with E-state index in [4.69, 9.17) is 0 Å². The molecule has 2 aromatic rings. The minimum absolute atomic E-state index is 0.0165. The summed E-state index contributed by atoms with van der Waals surface area (Å²) in [5.74, 6) is -0.331. The number of allylic oxidation sites excluding steroid dienone is 1. The lowest BCUT2D eigenvalue weighted by molar-refractivity contribution is -0.177. The van der Waals surface area contributed by atoms with Crippen molar-refractivity contribution in [3.05, 3.63) is 65.8 Å². The van der Waals surface area contributed by atoms with Crippen LogP contribution in [0.3, 0.4) is 0 Å². The van der Waals surface area contributed by atoms with Crippen LogP contribution in [0.1, 0.15) is 41.4 Å². The number of aliphatic hydroxyl groups is 1. The van der Waals surface area contributed by atoms with Crippen LogP contribution in [0.15, 0.2) is 48.9 Å². The van der Waals surface area contributed by atoms with Gasteiger partial charge in [0.15, 0.2) is 0 Å². The number of benzene rings is 1. The molecular formula is C22H24N4O3. The van der Waals surface area contributed by atoms with E-state index < -0.39 is 5.54 Å². The van der Waals surface area contributed by atoms with Crippen LogP contribution in [0.4, 0.5) is 0 Å². The minimum Gasteiger partial charge on any atom is -0.394 e. The van der Waals surface area contributed by atoms with Crippen molar-refractivity contribution in [3.63, 3.8) is 0 Å². The van der Waals surface area contributed by atoms with Gasteiger partial charge in [0.25, 0.3) is 5.91 Å². The maximum Gasteiger partial charge on any atom is 0.275 e. The Balaban J connectivity index is 1.69. The lowest BCUT2D eigenvalue weighted by atomic mass is 9.60. The molecule has 0 saturated carbocycles. The number of hydrogen-bond acceptors (Lipinski definition) is 5. The highest BCUT2D eigenvalue weighted by molar-refractivity contribution is 5.94. The summed E-state index contributed by atoms with van der Waals surface area (Å²) in [4.78, 5) is 36.6. The van der Waals surface area contributed by atoms with E-state index in [1.54, 1.807) is 9.80 Å². The van der Waals surface area contributed by atoms with Crippen LogP contribution in [0.25, 0.3) is 6.08 Å². The van der Waals surface area contributed by atoms with E-state index in [-0.39, 0.29) is 36.1 Å². The highest BCUT2D eigenvalue weighted by Gasteiger charge is 2.68. The highest BCUT2D eigenvalue weighted by Crippen LogP contribution is 2.54.